The molecule has 0 saturated carbocycles. The van der Waals surface area contributed by atoms with Gasteiger partial charge in [-0.1, -0.05) is 13.3 Å². The maximum Gasteiger partial charge on any atom is 0.337 e. The van der Waals surface area contributed by atoms with Gasteiger partial charge in [0.1, 0.15) is 0 Å². The number of aromatic nitrogens is 1. The highest BCUT2D eigenvalue weighted by molar-refractivity contribution is 7.99. The summed E-state index contributed by atoms with van der Waals surface area (Å²) < 4.78 is 5.31. The Labute approximate surface area is 117 Å². The lowest BCUT2D eigenvalue weighted by Crippen LogP contribution is -2.18. The largest absolute Gasteiger partial charge is 0.478 e. The molecule has 0 aromatic carbocycles. The molecular formula is C13H19NO4S. The van der Waals surface area contributed by atoms with Crippen LogP contribution in [-0.4, -0.2) is 46.2 Å². The lowest BCUT2D eigenvalue weighted by atomic mass is 10.3. The fourth-order valence-corrected chi connectivity index (χ4v) is 2.04. The van der Waals surface area contributed by atoms with E-state index >= 15 is 0 Å². The number of carbonyl (C=O) groups is 1. The van der Waals surface area contributed by atoms with Gasteiger partial charge in [0, 0.05) is 18.6 Å². The van der Waals surface area contributed by atoms with Crippen LogP contribution in [0.3, 0.4) is 0 Å². The van der Waals surface area contributed by atoms with Crippen LogP contribution in [0.2, 0.25) is 0 Å². The first-order chi connectivity index (χ1) is 9.13. The van der Waals surface area contributed by atoms with Crippen molar-refractivity contribution in [1.82, 2.24) is 4.98 Å². The second-order valence-electron chi connectivity index (χ2n) is 4.08. The van der Waals surface area contributed by atoms with Crippen LogP contribution >= 0.6 is 11.8 Å². The quantitative estimate of drug-likeness (QED) is 0.534. The van der Waals surface area contributed by atoms with Crippen LogP contribution in [0.1, 0.15) is 30.1 Å². The molecule has 0 fully saturated rings. The van der Waals surface area contributed by atoms with Crippen LogP contribution in [0.15, 0.2) is 23.4 Å². The Hall–Kier alpha value is -1.11. The minimum absolute atomic E-state index is 0.160. The molecule has 1 heterocycles. The molecule has 5 nitrogen and oxygen atoms in total. The lowest BCUT2D eigenvalue weighted by Gasteiger charge is -2.10. The van der Waals surface area contributed by atoms with Crippen LogP contribution in [0.5, 0.6) is 0 Å². The SMILES string of the molecule is CCCCOCC(O)CSc1ccc(C(=O)O)cn1. The van der Waals surface area contributed by atoms with E-state index in [9.17, 15) is 9.90 Å². The standard InChI is InChI=1S/C13H19NO4S/c1-2-3-6-18-8-11(15)9-19-12-5-4-10(7-14-12)13(16)17/h4-5,7,11,15H,2-3,6,8-9H2,1H3,(H,16,17). The highest BCUT2D eigenvalue weighted by atomic mass is 32.2. The van der Waals surface area contributed by atoms with E-state index < -0.39 is 12.1 Å². The van der Waals surface area contributed by atoms with E-state index in [2.05, 4.69) is 11.9 Å². The van der Waals surface area contributed by atoms with Crippen molar-refractivity contribution in [3.05, 3.63) is 23.9 Å². The number of aromatic carboxylic acids is 1. The molecule has 1 aromatic rings. The van der Waals surface area contributed by atoms with E-state index in [0.717, 1.165) is 12.8 Å². The summed E-state index contributed by atoms with van der Waals surface area (Å²) in [6.07, 6.45) is 2.85. The van der Waals surface area contributed by atoms with Gasteiger partial charge in [0.15, 0.2) is 0 Å². The molecule has 0 aliphatic rings. The van der Waals surface area contributed by atoms with E-state index in [1.165, 1.54) is 24.0 Å². The van der Waals surface area contributed by atoms with E-state index in [1.807, 2.05) is 0 Å². The zero-order valence-corrected chi connectivity index (χ0v) is 11.7. The van der Waals surface area contributed by atoms with Gasteiger partial charge in [0.2, 0.25) is 0 Å². The van der Waals surface area contributed by atoms with Gasteiger partial charge in [0.25, 0.3) is 0 Å². The predicted molar refractivity (Wildman–Crippen MR) is 73.7 cm³/mol. The van der Waals surface area contributed by atoms with Gasteiger partial charge in [0.05, 0.1) is 23.3 Å². The van der Waals surface area contributed by atoms with Gasteiger partial charge >= 0.3 is 5.97 Å². The van der Waals surface area contributed by atoms with Crippen molar-refractivity contribution >= 4 is 17.7 Å². The van der Waals surface area contributed by atoms with Crippen LogP contribution in [-0.2, 0) is 4.74 Å². The highest BCUT2D eigenvalue weighted by Gasteiger charge is 2.07. The summed E-state index contributed by atoms with van der Waals surface area (Å²) in [7, 11) is 0. The number of carboxylic acids is 1. The average molecular weight is 285 g/mol. The molecule has 6 heteroatoms. The number of nitrogens with zero attached hydrogens (tertiary/aromatic N) is 1. The molecule has 106 valence electrons. The summed E-state index contributed by atoms with van der Waals surface area (Å²) in [5.41, 5.74) is 0.160. The number of unbranched alkanes of at least 4 members (excludes halogenated alkanes) is 1. The van der Waals surface area contributed by atoms with Crippen molar-refractivity contribution in [2.45, 2.75) is 30.9 Å². The number of ether oxygens (including phenoxy) is 1. The topological polar surface area (TPSA) is 79.7 Å². The summed E-state index contributed by atoms with van der Waals surface area (Å²) in [6, 6.07) is 3.14. The number of aliphatic hydroxyl groups is 1. The summed E-state index contributed by atoms with van der Waals surface area (Å²) in [5.74, 6) is -0.514. The zero-order valence-electron chi connectivity index (χ0n) is 10.9. The number of rotatable bonds is 9. The number of thioether (sulfide) groups is 1. The third kappa shape index (κ3) is 6.56. The minimum atomic E-state index is -0.992. The van der Waals surface area contributed by atoms with Crippen LogP contribution in [0.25, 0.3) is 0 Å². The number of aliphatic hydroxyl groups excluding tert-OH is 1. The molecule has 0 saturated heterocycles. The van der Waals surface area contributed by atoms with Crippen molar-refractivity contribution in [1.29, 1.82) is 0 Å². The molecule has 0 aliphatic carbocycles. The Morgan fingerprint density at radius 3 is 2.89 bits per heavy atom. The van der Waals surface area contributed by atoms with Crippen LogP contribution in [0.4, 0.5) is 0 Å². The molecule has 19 heavy (non-hydrogen) atoms. The summed E-state index contributed by atoms with van der Waals surface area (Å²) in [4.78, 5) is 14.7. The van der Waals surface area contributed by atoms with E-state index in [4.69, 9.17) is 9.84 Å². The van der Waals surface area contributed by atoms with Crippen molar-refractivity contribution < 1.29 is 19.7 Å². The number of pyridine rings is 1. The zero-order chi connectivity index (χ0) is 14.1. The maximum atomic E-state index is 10.6. The van der Waals surface area contributed by atoms with E-state index in [1.54, 1.807) is 6.07 Å². The maximum absolute atomic E-state index is 10.6. The molecule has 1 aromatic heterocycles. The lowest BCUT2D eigenvalue weighted by molar-refractivity contribution is 0.0473. The van der Waals surface area contributed by atoms with Crippen molar-refractivity contribution in [2.75, 3.05) is 19.0 Å². The molecule has 1 atom stereocenters. The second kappa shape index (κ2) is 8.90. The first-order valence-electron chi connectivity index (χ1n) is 6.21. The molecule has 0 aliphatic heterocycles. The Bertz CT molecular complexity index is 383. The Balaban J connectivity index is 2.25. The van der Waals surface area contributed by atoms with Gasteiger partial charge < -0.3 is 14.9 Å². The first kappa shape index (κ1) is 15.9. The third-order valence-electron chi connectivity index (χ3n) is 2.36. The molecular weight excluding hydrogens is 266 g/mol. The molecule has 0 radical (unpaired) electrons. The predicted octanol–water partition coefficient (Wildman–Crippen LogP) is 2.05. The number of carboxylic acid groups (broad SMARTS) is 1. The Kier molecular flexibility index (Phi) is 7.47. The van der Waals surface area contributed by atoms with E-state index in [-0.39, 0.29) is 5.56 Å². The molecule has 0 amide bonds. The summed E-state index contributed by atoms with van der Waals surface area (Å²) in [5, 5.41) is 19.1. The fraction of sp³-hybridized carbons (Fsp3) is 0.538. The van der Waals surface area contributed by atoms with Gasteiger partial charge in [-0.05, 0) is 18.6 Å². The molecule has 1 unspecified atom stereocenters. The first-order valence-corrected chi connectivity index (χ1v) is 7.20. The Morgan fingerprint density at radius 2 is 2.32 bits per heavy atom. The van der Waals surface area contributed by atoms with Gasteiger partial charge in [-0.2, -0.15) is 0 Å². The van der Waals surface area contributed by atoms with Crippen molar-refractivity contribution in [2.24, 2.45) is 0 Å². The molecule has 0 spiro atoms. The highest BCUT2D eigenvalue weighted by Crippen LogP contribution is 2.16. The summed E-state index contributed by atoms with van der Waals surface area (Å²) >= 11 is 1.38. The number of hydrogen-bond acceptors (Lipinski definition) is 5. The van der Waals surface area contributed by atoms with Gasteiger partial charge in [-0.25, -0.2) is 9.78 Å². The van der Waals surface area contributed by atoms with Crippen molar-refractivity contribution in [3.8, 4) is 0 Å². The number of hydrogen-bond donors (Lipinski definition) is 2. The van der Waals surface area contributed by atoms with E-state index in [0.29, 0.717) is 24.0 Å². The monoisotopic (exact) mass is 285 g/mol. The molecule has 2 N–H and O–H groups in total. The van der Waals surface area contributed by atoms with Crippen LogP contribution < -0.4 is 0 Å². The second-order valence-corrected chi connectivity index (χ2v) is 5.12. The Morgan fingerprint density at radius 1 is 1.53 bits per heavy atom. The average Bonchev–Trinajstić information content (AvgIpc) is 2.42. The van der Waals surface area contributed by atoms with Gasteiger partial charge in [-0.15, -0.1) is 11.8 Å². The van der Waals surface area contributed by atoms with Crippen molar-refractivity contribution in [3.63, 3.8) is 0 Å². The smallest absolute Gasteiger partial charge is 0.337 e. The third-order valence-corrected chi connectivity index (χ3v) is 3.45. The molecule has 0 bridgehead atoms. The van der Waals surface area contributed by atoms with Crippen LogP contribution in [0, 0.1) is 0 Å². The summed E-state index contributed by atoms with van der Waals surface area (Å²) in [6.45, 7) is 3.08. The minimum Gasteiger partial charge on any atom is -0.478 e. The fourth-order valence-electron chi connectivity index (χ4n) is 1.29. The van der Waals surface area contributed by atoms with Gasteiger partial charge in [-0.3, -0.25) is 0 Å². The molecule has 1 rings (SSSR count). The normalized spacial score (nSPS) is 12.3.